The Labute approximate surface area is 66.3 Å². The van der Waals surface area contributed by atoms with Gasteiger partial charge in [0.2, 0.25) is 10.4 Å². The van der Waals surface area contributed by atoms with Gasteiger partial charge in [-0.05, 0) is 0 Å². The maximum atomic E-state index is 11.4. The molecule has 0 N–H and O–H groups in total. The molecule has 0 saturated carbocycles. The van der Waals surface area contributed by atoms with Crippen molar-refractivity contribution in [2.45, 2.75) is 0 Å². The zero-order valence-electron chi connectivity index (χ0n) is 4.51. The van der Waals surface area contributed by atoms with Crippen molar-refractivity contribution in [2.24, 2.45) is 0 Å². The Morgan fingerprint density at radius 2 is 1.73 bits per heavy atom. The summed E-state index contributed by atoms with van der Waals surface area (Å²) >= 11 is -6.34. The highest BCUT2D eigenvalue weighted by Gasteiger charge is 1.90. The summed E-state index contributed by atoms with van der Waals surface area (Å²) in [7, 11) is -5.34. The average molecular weight is 226 g/mol. The van der Waals surface area contributed by atoms with Crippen LogP contribution in [0.2, 0.25) is 0 Å². The lowest BCUT2D eigenvalue weighted by Crippen LogP contribution is -1.94. The molecule has 6 nitrogen and oxygen atoms in total. The molecule has 2 atom stereocenters. The quantitative estimate of drug-likeness (QED) is 0.634. The van der Waals surface area contributed by atoms with Crippen molar-refractivity contribution < 1.29 is 24.6 Å². The first-order valence-corrected chi connectivity index (χ1v) is 5.12. The van der Waals surface area contributed by atoms with Crippen LogP contribution in [0.4, 0.5) is 7.77 Å². The summed E-state index contributed by atoms with van der Waals surface area (Å²) in [5.74, 6) is 0. The normalized spacial score (nSPS) is 17.6. The van der Waals surface area contributed by atoms with Gasteiger partial charge in [0.1, 0.15) is 11.4 Å². The smallest absolute Gasteiger partial charge is 0.237 e. The van der Waals surface area contributed by atoms with Crippen LogP contribution in [0.5, 0.6) is 0 Å². The van der Waals surface area contributed by atoms with Gasteiger partial charge in [-0.15, -0.1) is 3.89 Å². The van der Waals surface area contributed by atoms with Crippen molar-refractivity contribution in [3.8, 4) is 0 Å². The van der Waals surface area contributed by atoms with Crippen LogP contribution in [-0.4, -0.2) is 16.8 Å². The van der Waals surface area contributed by atoms with E-state index in [1.54, 1.807) is 0 Å². The Hall–Kier alpha value is 0.0300. The molecule has 11 heteroatoms. The molecule has 0 rings (SSSR count). The van der Waals surface area contributed by atoms with E-state index in [0.717, 1.165) is 0 Å². The summed E-state index contributed by atoms with van der Waals surface area (Å²) < 4.78 is 65.0. The van der Waals surface area contributed by atoms with Crippen LogP contribution in [0.3, 0.4) is 0 Å². The third-order valence-electron chi connectivity index (χ3n) is 0.275. The van der Waals surface area contributed by atoms with E-state index in [1.807, 2.05) is 4.13 Å². The zero-order chi connectivity index (χ0) is 9.07. The molecule has 0 saturated heterocycles. The summed E-state index contributed by atoms with van der Waals surface area (Å²) in [6.07, 6.45) is 0. The molecule has 0 aliphatic rings. The van der Waals surface area contributed by atoms with Gasteiger partial charge in [0.25, 0.3) is 0 Å². The van der Waals surface area contributed by atoms with E-state index in [-0.39, 0.29) is 0 Å². The number of hydrogen-bond acceptors (Lipinski definition) is 4. The van der Waals surface area contributed by atoms with Crippen molar-refractivity contribution in [2.75, 3.05) is 0 Å². The van der Waals surface area contributed by atoms with Crippen LogP contribution in [0.25, 0.3) is 8.25 Å². The zero-order valence-corrected chi connectivity index (χ0v) is 6.96. The summed E-state index contributed by atoms with van der Waals surface area (Å²) in [6, 6.07) is 0. The highest BCUT2D eigenvalue weighted by Crippen LogP contribution is 2.14. The van der Waals surface area contributed by atoms with Gasteiger partial charge < -0.3 is 12.5 Å². The first-order valence-electron chi connectivity index (χ1n) is 1.71. The third kappa shape index (κ3) is 7.93. The molecule has 0 fully saturated rings. The Morgan fingerprint density at radius 3 is 2.00 bits per heavy atom. The SMILES string of the molecule is O=S(F)[N-]S(=O)[N-]S(=O)(=O)F. The molecule has 0 bridgehead atoms. The fraction of sp³-hybridized carbons (Fsp3) is 0. The highest BCUT2D eigenvalue weighted by atomic mass is 32.3. The van der Waals surface area contributed by atoms with E-state index in [4.69, 9.17) is 0 Å². The maximum absolute atomic E-state index is 11.4. The van der Waals surface area contributed by atoms with Crippen LogP contribution in [0, 0.1) is 0 Å². The molecule has 68 valence electrons. The van der Waals surface area contributed by atoms with E-state index >= 15 is 0 Å². The Morgan fingerprint density at radius 1 is 1.27 bits per heavy atom. The monoisotopic (exact) mass is 226 g/mol. The minimum absolute atomic E-state index is 1.83. The van der Waals surface area contributed by atoms with Gasteiger partial charge in [-0.3, -0.25) is 0 Å². The molecule has 0 heterocycles. The second kappa shape index (κ2) is 4.15. The molecule has 0 aliphatic heterocycles. The molecule has 0 aliphatic carbocycles. The maximum Gasteiger partial charge on any atom is 0.237 e. The second-order valence-corrected chi connectivity index (χ2v) is 3.89. The molecule has 0 radical (unpaired) electrons. The van der Waals surface area contributed by atoms with Gasteiger partial charge in [0.15, 0.2) is 0 Å². The standard InChI is InChI=1S/F2N2O4S3/c1-9(5)3-10(6)4-11(2,7)8/q-2. The van der Waals surface area contributed by atoms with Gasteiger partial charge in [-0.25, -0.2) is 12.6 Å². The van der Waals surface area contributed by atoms with Crippen molar-refractivity contribution >= 4 is 33.0 Å². The third-order valence-corrected chi connectivity index (χ3v) is 2.48. The van der Waals surface area contributed by atoms with E-state index in [0.29, 0.717) is 0 Å². The second-order valence-electron chi connectivity index (χ2n) is 0.998. The number of rotatable bonds is 4. The summed E-state index contributed by atoms with van der Waals surface area (Å²) in [4.78, 5) is 0. The fourth-order valence-electron chi connectivity index (χ4n) is 0.140. The number of nitrogens with zero attached hydrogens (tertiary/aromatic N) is 2. The lowest BCUT2D eigenvalue weighted by molar-refractivity contribution is 0.562. The van der Waals surface area contributed by atoms with Crippen molar-refractivity contribution in [1.29, 1.82) is 0 Å². The topological polar surface area (TPSA) is 96.5 Å². The highest BCUT2D eigenvalue weighted by molar-refractivity contribution is 8.14. The molecule has 0 aromatic rings. The molecule has 2 unspecified atom stereocenters. The molecule has 0 amide bonds. The lowest BCUT2D eigenvalue weighted by atomic mass is 13.8. The van der Waals surface area contributed by atoms with Gasteiger partial charge in [0, 0.05) is 0 Å². The predicted octanol–water partition coefficient (Wildman–Crippen LogP) is 0.0750. The van der Waals surface area contributed by atoms with Gasteiger partial charge in [-0.2, -0.15) is 15.1 Å². The molecule has 0 aromatic heterocycles. The van der Waals surface area contributed by atoms with Crippen molar-refractivity contribution in [3.05, 3.63) is 8.25 Å². The van der Waals surface area contributed by atoms with E-state index in [2.05, 4.69) is 4.13 Å². The van der Waals surface area contributed by atoms with Crippen LogP contribution >= 0.6 is 0 Å². The molecule has 0 spiro atoms. The summed E-state index contributed by atoms with van der Waals surface area (Å²) in [6.45, 7) is 0. The molecule has 11 heavy (non-hydrogen) atoms. The van der Waals surface area contributed by atoms with Crippen LogP contribution < -0.4 is 0 Å². The first kappa shape index (κ1) is 11.0. The number of halogens is 2. The molecule has 0 aromatic carbocycles. The van der Waals surface area contributed by atoms with Crippen LogP contribution in [0.1, 0.15) is 0 Å². The van der Waals surface area contributed by atoms with Gasteiger partial charge in [0.05, 0.1) is 0 Å². The van der Waals surface area contributed by atoms with E-state index in [1.165, 1.54) is 0 Å². The summed E-state index contributed by atoms with van der Waals surface area (Å²) in [5.41, 5.74) is 0. The fourth-order valence-corrected chi connectivity index (χ4v) is 1.50. The van der Waals surface area contributed by atoms with Gasteiger partial charge >= 0.3 is 0 Å². The average Bonchev–Trinajstić information content (AvgIpc) is 1.53. The van der Waals surface area contributed by atoms with Crippen molar-refractivity contribution in [1.82, 2.24) is 0 Å². The van der Waals surface area contributed by atoms with E-state index in [9.17, 15) is 24.6 Å². The van der Waals surface area contributed by atoms with Gasteiger partial charge in [-0.1, -0.05) is 0 Å². The minimum Gasteiger partial charge on any atom is -0.479 e. The Kier molecular flexibility index (Phi) is 4.17. The van der Waals surface area contributed by atoms with Crippen LogP contribution in [0.15, 0.2) is 0 Å². The predicted molar refractivity (Wildman–Crippen MR) is 34.1 cm³/mol. The number of hydrogen-bond donors (Lipinski definition) is 0. The Balaban J connectivity index is 4.01. The van der Waals surface area contributed by atoms with E-state index < -0.39 is 33.0 Å². The molecular weight excluding hydrogens is 226 g/mol. The lowest BCUT2D eigenvalue weighted by Gasteiger charge is -2.22. The minimum atomic E-state index is -5.34. The first-order chi connectivity index (χ1) is 4.81. The largest absolute Gasteiger partial charge is 0.479 e. The van der Waals surface area contributed by atoms with Crippen molar-refractivity contribution in [3.63, 3.8) is 0 Å². The van der Waals surface area contributed by atoms with Crippen LogP contribution in [-0.2, 0) is 33.0 Å². The Bertz CT molecular complexity index is 269. The molecular formula is F2N2O4S3-2. The summed E-state index contributed by atoms with van der Waals surface area (Å²) in [5, 5.41) is 0.